The van der Waals surface area contributed by atoms with Gasteiger partial charge in [-0.2, -0.15) is 0 Å². The Morgan fingerprint density at radius 3 is 2.39 bits per heavy atom. The molecule has 0 spiro atoms. The van der Waals surface area contributed by atoms with Gasteiger partial charge in [-0.05, 0) is 42.4 Å². The zero-order valence-electron chi connectivity index (χ0n) is 12.6. The molecule has 0 saturated heterocycles. The van der Waals surface area contributed by atoms with Gasteiger partial charge >= 0.3 is 0 Å². The maximum absolute atomic E-state index is 10.9. The van der Waals surface area contributed by atoms with E-state index < -0.39 is 0 Å². The summed E-state index contributed by atoms with van der Waals surface area (Å²) in [4.78, 5) is 0. The van der Waals surface area contributed by atoms with Crippen LogP contribution in [0.2, 0.25) is 0 Å². The highest BCUT2D eigenvalue weighted by molar-refractivity contribution is 4.92. The van der Waals surface area contributed by atoms with E-state index in [4.69, 9.17) is 0 Å². The third-order valence-corrected chi connectivity index (χ3v) is 5.93. The molecule has 0 amide bonds. The first-order chi connectivity index (χ1) is 8.56. The SMILES string of the molecule is CCC1CCCCC1C(O)C1CCCCC1(C)C. The van der Waals surface area contributed by atoms with Crippen molar-refractivity contribution in [2.24, 2.45) is 23.2 Å². The summed E-state index contributed by atoms with van der Waals surface area (Å²) in [6, 6.07) is 0. The molecule has 4 unspecified atom stereocenters. The van der Waals surface area contributed by atoms with Crippen LogP contribution in [0.3, 0.4) is 0 Å². The van der Waals surface area contributed by atoms with Crippen LogP contribution in [0.5, 0.6) is 0 Å². The Hall–Kier alpha value is -0.0400. The highest BCUT2D eigenvalue weighted by Crippen LogP contribution is 2.47. The molecule has 4 atom stereocenters. The molecule has 0 aromatic rings. The van der Waals surface area contributed by atoms with Crippen molar-refractivity contribution in [1.29, 1.82) is 0 Å². The first kappa shape index (κ1) is 14.4. The van der Waals surface area contributed by atoms with E-state index in [1.54, 1.807) is 0 Å². The lowest BCUT2D eigenvalue weighted by atomic mass is 9.61. The average Bonchev–Trinajstić information content (AvgIpc) is 2.37. The van der Waals surface area contributed by atoms with Crippen molar-refractivity contribution >= 4 is 0 Å². The van der Waals surface area contributed by atoms with Crippen LogP contribution in [-0.2, 0) is 0 Å². The van der Waals surface area contributed by atoms with Gasteiger partial charge in [-0.1, -0.05) is 59.3 Å². The minimum atomic E-state index is -0.0365. The number of hydrogen-bond acceptors (Lipinski definition) is 1. The van der Waals surface area contributed by atoms with Gasteiger partial charge in [0.25, 0.3) is 0 Å². The van der Waals surface area contributed by atoms with Crippen LogP contribution in [-0.4, -0.2) is 11.2 Å². The van der Waals surface area contributed by atoms with E-state index >= 15 is 0 Å². The summed E-state index contributed by atoms with van der Waals surface area (Å²) in [6.07, 6.45) is 11.8. The Morgan fingerprint density at radius 1 is 1.06 bits per heavy atom. The topological polar surface area (TPSA) is 20.2 Å². The van der Waals surface area contributed by atoms with Crippen LogP contribution >= 0.6 is 0 Å². The molecule has 0 heterocycles. The standard InChI is InChI=1S/C17H32O/c1-4-13-9-5-6-10-14(13)16(18)15-11-7-8-12-17(15,2)3/h13-16,18H,4-12H2,1-3H3. The van der Waals surface area contributed by atoms with Crippen molar-refractivity contribution in [2.75, 3.05) is 0 Å². The number of aliphatic hydroxyl groups excluding tert-OH is 1. The molecule has 0 aromatic carbocycles. The molecule has 0 radical (unpaired) electrons. The van der Waals surface area contributed by atoms with E-state index in [-0.39, 0.29) is 6.10 Å². The summed E-state index contributed by atoms with van der Waals surface area (Å²) in [5.41, 5.74) is 0.355. The van der Waals surface area contributed by atoms with Crippen LogP contribution in [0, 0.1) is 23.2 Å². The van der Waals surface area contributed by atoms with Crippen molar-refractivity contribution in [3.8, 4) is 0 Å². The van der Waals surface area contributed by atoms with Gasteiger partial charge in [0.2, 0.25) is 0 Å². The van der Waals surface area contributed by atoms with E-state index in [0.29, 0.717) is 17.3 Å². The van der Waals surface area contributed by atoms with Crippen molar-refractivity contribution in [3.05, 3.63) is 0 Å². The minimum absolute atomic E-state index is 0.0365. The van der Waals surface area contributed by atoms with Gasteiger partial charge in [-0.15, -0.1) is 0 Å². The molecule has 2 fully saturated rings. The number of hydrogen-bond donors (Lipinski definition) is 1. The highest BCUT2D eigenvalue weighted by atomic mass is 16.3. The van der Waals surface area contributed by atoms with Crippen LogP contribution in [0.15, 0.2) is 0 Å². The van der Waals surface area contributed by atoms with Crippen molar-refractivity contribution in [1.82, 2.24) is 0 Å². The predicted molar refractivity (Wildman–Crippen MR) is 77.5 cm³/mol. The maximum atomic E-state index is 10.9. The second kappa shape index (κ2) is 5.94. The molecular formula is C17H32O. The van der Waals surface area contributed by atoms with Crippen LogP contribution < -0.4 is 0 Å². The third-order valence-electron chi connectivity index (χ3n) is 5.93. The molecule has 0 aliphatic heterocycles. The van der Waals surface area contributed by atoms with Crippen molar-refractivity contribution < 1.29 is 5.11 Å². The Morgan fingerprint density at radius 2 is 1.72 bits per heavy atom. The first-order valence-electron chi connectivity index (χ1n) is 8.24. The van der Waals surface area contributed by atoms with Gasteiger partial charge in [0.1, 0.15) is 0 Å². The summed E-state index contributed by atoms with van der Waals surface area (Å²) in [6.45, 7) is 7.06. The van der Waals surface area contributed by atoms with Gasteiger partial charge in [0, 0.05) is 0 Å². The second-order valence-corrected chi connectivity index (χ2v) is 7.45. The van der Waals surface area contributed by atoms with Gasteiger partial charge in [-0.25, -0.2) is 0 Å². The van der Waals surface area contributed by atoms with Gasteiger partial charge in [0.05, 0.1) is 6.10 Å². The largest absolute Gasteiger partial charge is 0.393 e. The lowest BCUT2D eigenvalue weighted by Crippen LogP contribution is -2.43. The Balaban J connectivity index is 2.06. The minimum Gasteiger partial charge on any atom is -0.393 e. The Labute approximate surface area is 113 Å². The molecule has 2 rings (SSSR count). The van der Waals surface area contributed by atoms with Crippen molar-refractivity contribution in [3.63, 3.8) is 0 Å². The first-order valence-corrected chi connectivity index (χ1v) is 8.24. The molecule has 106 valence electrons. The fourth-order valence-corrected chi connectivity index (χ4v) is 4.65. The van der Waals surface area contributed by atoms with Gasteiger partial charge in [0.15, 0.2) is 0 Å². The average molecular weight is 252 g/mol. The lowest BCUT2D eigenvalue weighted by molar-refractivity contribution is -0.0551. The normalized spacial score (nSPS) is 38.3. The summed E-state index contributed by atoms with van der Waals surface area (Å²) in [5.74, 6) is 1.92. The van der Waals surface area contributed by atoms with E-state index in [2.05, 4.69) is 20.8 Å². The monoisotopic (exact) mass is 252 g/mol. The summed E-state index contributed by atoms with van der Waals surface area (Å²) < 4.78 is 0. The van der Waals surface area contributed by atoms with Crippen molar-refractivity contribution in [2.45, 2.75) is 84.7 Å². The quantitative estimate of drug-likeness (QED) is 0.766. The molecule has 1 nitrogen and oxygen atoms in total. The second-order valence-electron chi connectivity index (χ2n) is 7.45. The molecule has 0 aromatic heterocycles. The lowest BCUT2D eigenvalue weighted by Gasteiger charge is -2.46. The van der Waals surface area contributed by atoms with Gasteiger partial charge in [-0.3, -0.25) is 0 Å². The number of rotatable bonds is 3. The molecule has 18 heavy (non-hydrogen) atoms. The fourth-order valence-electron chi connectivity index (χ4n) is 4.65. The highest BCUT2D eigenvalue weighted by Gasteiger charge is 2.42. The molecular weight excluding hydrogens is 220 g/mol. The number of aliphatic hydroxyl groups is 1. The molecule has 2 aliphatic rings. The zero-order valence-corrected chi connectivity index (χ0v) is 12.6. The van der Waals surface area contributed by atoms with E-state index in [0.717, 1.165) is 5.92 Å². The fraction of sp³-hybridized carbons (Fsp3) is 1.00. The van der Waals surface area contributed by atoms with Crippen LogP contribution in [0.1, 0.15) is 78.6 Å². The molecule has 1 N–H and O–H groups in total. The zero-order chi connectivity index (χ0) is 13.2. The van der Waals surface area contributed by atoms with E-state index in [1.165, 1.54) is 57.8 Å². The third kappa shape index (κ3) is 2.92. The van der Waals surface area contributed by atoms with E-state index in [1.807, 2.05) is 0 Å². The Kier molecular flexibility index (Phi) is 4.75. The smallest absolute Gasteiger partial charge is 0.0604 e. The Bertz CT molecular complexity index is 258. The molecule has 1 heteroatoms. The predicted octanol–water partition coefficient (Wildman–Crippen LogP) is 4.78. The molecule has 0 bridgehead atoms. The maximum Gasteiger partial charge on any atom is 0.0604 e. The van der Waals surface area contributed by atoms with Crippen LogP contribution in [0.25, 0.3) is 0 Å². The summed E-state index contributed by atoms with van der Waals surface area (Å²) in [5, 5.41) is 10.9. The van der Waals surface area contributed by atoms with E-state index in [9.17, 15) is 5.11 Å². The summed E-state index contributed by atoms with van der Waals surface area (Å²) in [7, 11) is 0. The van der Waals surface area contributed by atoms with Gasteiger partial charge < -0.3 is 5.11 Å². The molecule has 2 aliphatic carbocycles. The summed E-state index contributed by atoms with van der Waals surface area (Å²) >= 11 is 0. The van der Waals surface area contributed by atoms with Crippen LogP contribution in [0.4, 0.5) is 0 Å². The molecule has 2 saturated carbocycles.